The zero-order chi connectivity index (χ0) is 18.9. The fraction of sp³-hybridized carbons (Fsp3) is 0.900. The summed E-state index contributed by atoms with van der Waals surface area (Å²) in [4.78, 5) is 22.0. The Hall–Kier alpha value is -1.10. The van der Waals surface area contributed by atoms with Crippen LogP contribution >= 0.6 is 0 Å². The van der Waals surface area contributed by atoms with Crippen molar-refractivity contribution in [1.82, 2.24) is 5.32 Å². The molecule has 0 saturated heterocycles. The van der Waals surface area contributed by atoms with Crippen LogP contribution in [0.4, 0.5) is 0 Å². The highest BCUT2D eigenvalue weighted by molar-refractivity contribution is 5.82. The van der Waals surface area contributed by atoms with Crippen molar-refractivity contribution in [2.45, 2.75) is 116 Å². The van der Waals surface area contributed by atoms with Crippen molar-refractivity contribution in [1.29, 1.82) is 0 Å². The van der Waals surface area contributed by atoms with Crippen molar-refractivity contribution in [3.05, 3.63) is 0 Å². The predicted octanol–water partition coefficient (Wildman–Crippen LogP) is 4.42. The number of carbonyl (C=O) groups is 2. The van der Waals surface area contributed by atoms with Crippen molar-refractivity contribution in [2.24, 2.45) is 0 Å². The molecule has 1 amide bonds. The number of unbranched alkanes of at least 4 members (excludes halogenated alkanes) is 12. The van der Waals surface area contributed by atoms with E-state index < -0.39 is 24.0 Å². The van der Waals surface area contributed by atoms with Crippen LogP contribution in [0.25, 0.3) is 0 Å². The number of carbonyl (C=O) groups excluding carboxylic acids is 1. The molecule has 0 aliphatic heterocycles. The summed E-state index contributed by atoms with van der Waals surface area (Å²) in [6, 6.07) is -1.20. The van der Waals surface area contributed by atoms with Gasteiger partial charge in [-0.1, -0.05) is 90.4 Å². The lowest BCUT2D eigenvalue weighted by molar-refractivity contribution is -0.145. The summed E-state index contributed by atoms with van der Waals surface area (Å²) < 4.78 is 0. The molecule has 3 N–H and O–H groups in total. The van der Waals surface area contributed by atoms with E-state index in [2.05, 4.69) is 12.2 Å². The van der Waals surface area contributed by atoms with Crippen LogP contribution in [-0.4, -0.2) is 34.2 Å². The van der Waals surface area contributed by atoms with Gasteiger partial charge in [-0.3, -0.25) is 4.79 Å². The van der Waals surface area contributed by atoms with Crippen LogP contribution in [0.2, 0.25) is 0 Å². The minimum absolute atomic E-state index is 0.412. The number of carboxylic acids is 1. The van der Waals surface area contributed by atoms with Crippen LogP contribution < -0.4 is 5.32 Å². The molecule has 0 aromatic rings. The van der Waals surface area contributed by atoms with E-state index in [1.807, 2.05) is 0 Å². The van der Waals surface area contributed by atoms with Crippen molar-refractivity contribution < 1.29 is 19.8 Å². The van der Waals surface area contributed by atoms with Crippen LogP contribution in [-0.2, 0) is 9.59 Å². The minimum atomic E-state index is -1.20. The van der Waals surface area contributed by atoms with Crippen LogP contribution in [0.5, 0.6) is 0 Å². The molecule has 148 valence electrons. The first kappa shape index (κ1) is 23.9. The Morgan fingerprint density at radius 2 is 1.20 bits per heavy atom. The Labute approximate surface area is 153 Å². The summed E-state index contributed by atoms with van der Waals surface area (Å²) in [5, 5.41) is 21.2. The van der Waals surface area contributed by atoms with Gasteiger partial charge in [0.15, 0.2) is 6.04 Å². The van der Waals surface area contributed by atoms with E-state index in [1.165, 1.54) is 71.1 Å². The molecular formula is C20H39NO4. The maximum absolute atomic E-state index is 11.0. The standard InChI is InChI=1S/C20H39NO4/c1-3-4-5-6-7-8-9-10-11-12-13-14-15-16-18(23)19(20(24)25)21-17(2)22/h18-19,23H,3-16H2,1-2H3,(H,21,22)(H,24,25)/t18-,19+/m0/s1. The fourth-order valence-corrected chi connectivity index (χ4v) is 3.08. The van der Waals surface area contributed by atoms with Gasteiger partial charge in [0.1, 0.15) is 0 Å². The number of rotatable bonds is 17. The number of hydrogen-bond acceptors (Lipinski definition) is 3. The van der Waals surface area contributed by atoms with Gasteiger partial charge in [0.25, 0.3) is 0 Å². The molecule has 0 rings (SSSR count). The highest BCUT2D eigenvalue weighted by Gasteiger charge is 2.26. The van der Waals surface area contributed by atoms with Gasteiger partial charge in [-0.15, -0.1) is 0 Å². The molecule has 0 unspecified atom stereocenters. The van der Waals surface area contributed by atoms with Crippen molar-refractivity contribution in [3.63, 3.8) is 0 Å². The summed E-state index contributed by atoms with van der Waals surface area (Å²) in [7, 11) is 0. The molecule has 0 aliphatic rings. The maximum atomic E-state index is 11.0. The molecule has 5 heteroatoms. The van der Waals surface area contributed by atoms with Gasteiger partial charge in [0.2, 0.25) is 5.91 Å². The lowest BCUT2D eigenvalue weighted by Gasteiger charge is -2.19. The Balaban J connectivity index is 3.47. The molecule has 0 heterocycles. The minimum Gasteiger partial charge on any atom is -0.480 e. The highest BCUT2D eigenvalue weighted by atomic mass is 16.4. The van der Waals surface area contributed by atoms with E-state index in [-0.39, 0.29) is 0 Å². The summed E-state index contributed by atoms with van der Waals surface area (Å²) in [6.07, 6.45) is 15.6. The monoisotopic (exact) mass is 357 g/mol. The second kappa shape index (κ2) is 16.4. The molecule has 5 nitrogen and oxygen atoms in total. The van der Waals surface area contributed by atoms with E-state index >= 15 is 0 Å². The predicted molar refractivity (Wildman–Crippen MR) is 102 cm³/mol. The first-order valence-electron chi connectivity index (χ1n) is 10.2. The maximum Gasteiger partial charge on any atom is 0.328 e. The van der Waals surface area contributed by atoms with Crippen molar-refractivity contribution in [3.8, 4) is 0 Å². The van der Waals surface area contributed by atoms with Gasteiger partial charge in [0.05, 0.1) is 6.10 Å². The molecule has 25 heavy (non-hydrogen) atoms. The van der Waals surface area contributed by atoms with E-state index in [4.69, 9.17) is 5.11 Å². The molecule has 2 atom stereocenters. The molecule has 0 bridgehead atoms. The van der Waals surface area contributed by atoms with Crippen molar-refractivity contribution in [2.75, 3.05) is 0 Å². The van der Waals surface area contributed by atoms with Crippen molar-refractivity contribution >= 4 is 11.9 Å². The Morgan fingerprint density at radius 3 is 1.56 bits per heavy atom. The summed E-state index contributed by atoms with van der Waals surface area (Å²) >= 11 is 0. The van der Waals surface area contributed by atoms with Crippen LogP contribution in [0.15, 0.2) is 0 Å². The third kappa shape index (κ3) is 14.9. The Morgan fingerprint density at radius 1 is 0.800 bits per heavy atom. The topological polar surface area (TPSA) is 86.6 Å². The zero-order valence-electron chi connectivity index (χ0n) is 16.3. The first-order chi connectivity index (χ1) is 12.0. The van der Waals surface area contributed by atoms with E-state index in [1.54, 1.807) is 0 Å². The molecule has 0 aliphatic carbocycles. The number of amides is 1. The van der Waals surface area contributed by atoms with E-state index in [0.29, 0.717) is 6.42 Å². The smallest absolute Gasteiger partial charge is 0.328 e. The van der Waals surface area contributed by atoms with Gasteiger partial charge in [-0.05, 0) is 6.42 Å². The average Bonchev–Trinajstić information content (AvgIpc) is 2.56. The largest absolute Gasteiger partial charge is 0.480 e. The van der Waals surface area contributed by atoms with Gasteiger partial charge in [-0.2, -0.15) is 0 Å². The zero-order valence-corrected chi connectivity index (χ0v) is 16.3. The number of aliphatic hydroxyl groups is 1. The number of nitrogens with one attached hydrogen (secondary N) is 1. The highest BCUT2D eigenvalue weighted by Crippen LogP contribution is 2.14. The third-order valence-electron chi connectivity index (χ3n) is 4.61. The lowest BCUT2D eigenvalue weighted by Crippen LogP contribution is -2.48. The quantitative estimate of drug-likeness (QED) is 0.336. The van der Waals surface area contributed by atoms with Gasteiger partial charge in [0, 0.05) is 6.92 Å². The van der Waals surface area contributed by atoms with Crippen LogP contribution in [0.3, 0.4) is 0 Å². The number of carboxylic acid groups (broad SMARTS) is 1. The number of aliphatic carboxylic acids is 1. The Bertz CT molecular complexity index is 347. The second-order valence-electron chi connectivity index (χ2n) is 7.12. The lowest BCUT2D eigenvalue weighted by atomic mass is 10.0. The molecule has 0 radical (unpaired) electrons. The number of aliphatic hydroxyl groups excluding tert-OH is 1. The summed E-state index contributed by atoms with van der Waals surface area (Å²) in [5.41, 5.74) is 0. The SMILES string of the molecule is CCCCCCCCCCCCCCC[C@H](O)[C@@H](NC(C)=O)C(=O)O. The normalized spacial score (nSPS) is 13.4. The van der Waals surface area contributed by atoms with Gasteiger partial charge >= 0.3 is 5.97 Å². The summed E-state index contributed by atoms with van der Waals surface area (Å²) in [5.74, 6) is -1.62. The Kier molecular flexibility index (Phi) is 15.7. The van der Waals surface area contributed by atoms with E-state index in [0.717, 1.165) is 19.3 Å². The van der Waals surface area contributed by atoms with Gasteiger partial charge in [-0.25, -0.2) is 4.79 Å². The average molecular weight is 358 g/mol. The third-order valence-corrected chi connectivity index (χ3v) is 4.61. The number of hydrogen-bond donors (Lipinski definition) is 3. The molecule has 0 saturated carbocycles. The molecule has 0 fully saturated rings. The fourth-order valence-electron chi connectivity index (χ4n) is 3.08. The molecular weight excluding hydrogens is 318 g/mol. The van der Waals surface area contributed by atoms with Crippen LogP contribution in [0.1, 0.15) is 104 Å². The molecule has 0 aromatic heterocycles. The van der Waals surface area contributed by atoms with Crippen LogP contribution in [0, 0.1) is 0 Å². The first-order valence-corrected chi connectivity index (χ1v) is 10.2. The van der Waals surface area contributed by atoms with E-state index in [9.17, 15) is 14.7 Å². The molecule has 0 spiro atoms. The van der Waals surface area contributed by atoms with Gasteiger partial charge < -0.3 is 15.5 Å². The second-order valence-corrected chi connectivity index (χ2v) is 7.12. The molecule has 0 aromatic carbocycles. The summed E-state index contributed by atoms with van der Waals surface area (Å²) in [6.45, 7) is 3.50.